The number of carbonyl (C=O) groups is 1. The van der Waals surface area contributed by atoms with Gasteiger partial charge in [-0.2, -0.15) is 0 Å². The summed E-state index contributed by atoms with van der Waals surface area (Å²) in [6, 6.07) is 5.66. The maximum Gasteiger partial charge on any atom is 0.315 e. The lowest BCUT2D eigenvalue weighted by molar-refractivity contribution is 0.240. The second-order valence-corrected chi connectivity index (χ2v) is 7.56. The maximum absolute atomic E-state index is 12.0. The summed E-state index contributed by atoms with van der Waals surface area (Å²) in [6.45, 7) is 7.37. The zero-order valence-corrected chi connectivity index (χ0v) is 16.1. The van der Waals surface area contributed by atoms with Gasteiger partial charge in [0, 0.05) is 49.0 Å². The summed E-state index contributed by atoms with van der Waals surface area (Å²) in [4.78, 5) is 25.1. The number of rotatable bonds is 6. The van der Waals surface area contributed by atoms with E-state index < -0.39 is 0 Å². The van der Waals surface area contributed by atoms with Crippen LogP contribution in [0.1, 0.15) is 44.3 Å². The van der Waals surface area contributed by atoms with Crippen LogP contribution in [0.5, 0.6) is 0 Å². The number of pyridine rings is 1. The predicted octanol–water partition coefficient (Wildman–Crippen LogP) is 2.85. The van der Waals surface area contributed by atoms with Crippen molar-refractivity contribution in [2.75, 3.05) is 6.54 Å². The fourth-order valence-corrected chi connectivity index (χ4v) is 2.68. The minimum atomic E-state index is -0.168. The van der Waals surface area contributed by atoms with Crippen molar-refractivity contribution in [2.45, 2.75) is 45.6 Å². The summed E-state index contributed by atoms with van der Waals surface area (Å²) in [7, 11) is 0. The van der Waals surface area contributed by atoms with Gasteiger partial charge in [-0.15, -0.1) is 0 Å². The molecule has 3 aromatic rings. The average molecular weight is 366 g/mol. The largest absolute Gasteiger partial charge is 0.338 e. The molecule has 0 atom stereocenters. The third-order valence-corrected chi connectivity index (χ3v) is 4.18. The Labute approximate surface area is 159 Å². The number of aromatic nitrogens is 4. The lowest BCUT2D eigenvalue weighted by Gasteiger charge is -2.16. The van der Waals surface area contributed by atoms with E-state index in [0.29, 0.717) is 13.1 Å². The predicted molar refractivity (Wildman–Crippen MR) is 104 cm³/mol. The lowest BCUT2D eigenvalue weighted by Crippen LogP contribution is -2.35. The van der Waals surface area contributed by atoms with Crippen LogP contribution < -0.4 is 10.6 Å². The highest BCUT2D eigenvalue weighted by molar-refractivity contribution is 5.73. The van der Waals surface area contributed by atoms with Crippen molar-refractivity contribution in [1.82, 2.24) is 30.0 Å². The molecule has 0 unspecified atom stereocenters. The summed E-state index contributed by atoms with van der Waals surface area (Å²) < 4.78 is 1.93. The van der Waals surface area contributed by atoms with Gasteiger partial charge in [-0.05, 0) is 30.5 Å². The van der Waals surface area contributed by atoms with Crippen LogP contribution in [0, 0.1) is 0 Å². The molecule has 142 valence electrons. The number of urea groups is 1. The fourth-order valence-electron chi connectivity index (χ4n) is 2.68. The molecular formula is C20H26N6O. The fraction of sp³-hybridized carbons (Fsp3) is 0.400. The van der Waals surface area contributed by atoms with Gasteiger partial charge in [0.15, 0.2) is 0 Å². The summed E-state index contributed by atoms with van der Waals surface area (Å²) in [6.07, 6.45) is 9.04. The highest BCUT2D eigenvalue weighted by Gasteiger charge is 2.17. The van der Waals surface area contributed by atoms with Crippen molar-refractivity contribution in [3.8, 4) is 0 Å². The van der Waals surface area contributed by atoms with Crippen LogP contribution in [0.2, 0.25) is 0 Å². The Balaban J connectivity index is 1.39. The monoisotopic (exact) mass is 366 g/mol. The van der Waals surface area contributed by atoms with E-state index in [4.69, 9.17) is 0 Å². The summed E-state index contributed by atoms with van der Waals surface area (Å²) >= 11 is 0. The average Bonchev–Trinajstić information content (AvgIpc) is 3.11. The van der Waals surface area contributed by atoms with E-state index in [1.54, 1.807) is 12.4 Å². The molecule has 0 bridgehead atoms. The van der Waals surface area contributed by atoms with Crippen molar-refractivity contribution < 1.29 is 4.79 Å². The van der Waals surface area contributed by atoms with Crippen molar-refractivity contribution in [3.63, 3.8) is 0 Å². The molecule has 0 fully saturated rings. The molecule has 0 spiro atoms. The minimum Gasteiger partial charge on any atom is -0.338 e. The lowest BCUT2D eigenvalue weighted by atomic mass is 9.95. The van der Waals surface area contributed by atoms with E-state index in [-0.39, 0.29) is 11.4 Å². The molecule has 2 N–H and O–H groups in total. The molecule has 0 aliphatic rings. The Kier molecular flexibility index (Phi) is 5.69. The molecular weight excluding hydrogens is 340 g/mol. The number of hydrogen-bond acceptors (Lipinski definition) is 4. The number of carbonyl (C=O) groups excluding carboxylic acids is 1. The van der Waals surface area contributed by atoms with Gasteiger partial charge in [0.1, 0.15) is 11.5 Å². The standard InChI is InChI=1S/C20H26N6O/c1-20(2,3)18-22-10-8-16(25-18)5-4-9-23-19(27)24-13-15-6-7-17-21-11-12-26(17)14-15/h6-8,10-12,14H,4-5,9,13H2,1-3H3,(H2,23,24,27). The van der Waals surface area contributed by atoms with Gasteiger partial charge >= 0.3 is 6.03 Å². The van der Waals surface area contributed by atoms with Gasteiger partial charge in [-0.3, -0.25) is 0 Å². The first kappa shape index (κ1) is 18.8. The Bertz CT molecular complexity index is 912. The molecule has 27 heavy (non-hydrogen) atoms. The molecule has 0 aliphatic heterocycles. The van der Waals surface area contributed by atoms with Crippen molar-refractivity contribution >= 4 is 11.7 Å². The summed E-state index contributed by atoms with van der Waals surface area (Å²) in [5.41, 5.74) is 2.85. The third-order valence-electron chi connectivity index (χ3n) is 4.18. The van der Waals surface area contributed by atoms with Crippen LogP contribution in [0.15, 0.2) is 43.0 Å². The Morgan fingerprint density at radius 2 is 1.96 bits per heavy atom. The van der Waals surface area contributed by atoms with Crippen LogP contribution in [0.4, 0.5) is 4.79 Å². The van der Waals surface area contributed by atoms with Gasteiger partial charge in [0.25, 0.3) is 0 Å². The van der Waals surface area contributed by atoms with Crippen molar-refractivity contribution in [3.05, 3.63) is 60.1 Å². The molecule has 3 aromatic heterocycles. The zero-order chi connectivity index (χ0) is 19.3. The van der Waals surface area contributed by atoms with Crippen LogP contribution >= 0.6 is 0 Å². The van der Waals surface area contributed by atoms with Gasteiger partial charge in [0.05, 0.1) is 0 Å². The number of amides is 2. The van der Waals surface area contributed by atoms with Crippen LogP contribution in [0.25, 0.3) is 5.65 Å². The number of imidazole rings is 1. The minimum absolute atomic E-state index is 0.0616. The second-order valence-electron chi connectivity index (χ2n) is 7.56. The van der Waals surface area contributed by atoms with E-state index in [1.807, 2.05) is 35.0 Å². The third kappa shape index (κ3) is 5.26. The van der Waals surface area contributed by atoms with E-state index in [0.717, 1.165) is 35.6 Å². The highest BCUT2D eigenvalue weighted by Crippen LogP contribution is 2.17. The Hall–Kier alpha value is -2.96. The van der Waals surface area contributed by atoms with E-state index in [2.05, 4.69) is 46.4 Å². The molecule has 0 saturated heterocycles. The topological polar surface area (TPSA) is 84.2 Å². The number of nitrogens with zero attached hydrogens (tertiary/aromatic N) is 4. The molecule has 2 amide bonds. The first-order valence-corrected chi connectivity index (χ1v) is 9.17. The molecule has 0 saturated carbocycles. The number of hydrogen-bond donors (Lipinski definition) is 2. The first-order valence-electron chi connectivity index (χ1n) is 9.17. The molecule has 3 rings (SSSR count). The van der Waals surface area contributed by atoms with Gasteiger partial charge in [-0.25, -0.2) is 19.7 Å². The van der Waals surface area contributed by atoms with Gasteiger partial charge < -0.3 is 15.0 Å². The van der Waals surface area contributed by atoms with Gasteiger partial charge in [0.2, 0.25) is 0 Å². The van der Waals surface area contributed by atoms with Crippen LogP contribution in [-0.2, 0) is 18.4 Å². The number of fused-ring (bicyclic) bond motifs is 1. The highest BCUT2D eigenvalue weighted by atomic mass is 16.2. The first-order chi connectivity index (χ1) is 12.9. The number of nitrogens with one attached hydrogen (secondary N) is 2. The van der Waals surface area contributed by atoms with Crippen LogP contribution in [0.3, 0.4) is 0 Å². The van der Waals surface area contributed by atoms with Crippen molar-refractivity contribution in [2.24, 2.45) is 0 Å². The van der Waals surface area contributed by atoms with E-state index in [9.17, 15) is 4.79 Å². The molecule has 0 radical (unpaired) electrons. The SMILES string of the molecule is CC(C)(C)c1nccc(CCCNC(=O)NCc2ccc3nccn3c2)n1. The Morgan fingerprint density at radius 3 is 2.78 bits per heavy atom. The quantitative estimate of drug-likeness (QED) is 0.657. The van der Waals surface area contributed by atoms with Crippen LogP contribution in [-0.4, -0.2) is 31.9 Å². The van der Waals surface area contributed by atoms with Gasteiger partial charge in [-0.1, -0.05) is 26.8 Å². The number of aryl methyl sites for hydroxylation is 1. The van der Waals surface area contributed by atoms with Crippen molar-refractivity contribution in [1.29, 1.82) is 0 Å². The second kappa shape index (κ2) is 8.16. The molecule has 7 heteroatoms. The van der Waals surface area contributed by atoms with E-state index >= 15 is 0 Å². The smallest absolute Gasteiger partial charge is 0.315 e. The maximum atomic E-state index is 12.0. The molecule has 3 heterocycles. The van der Waals surface area contributed by atoms with E-state index in [1.165, 1.54) is 0 Å². The molecule has 0 aromatic carbocycles. The Morgan fingerprint density at radius 1 is 1.11 bits per heavy atom. The molecule has 7 nitrogen and oxygen atoms in total. The summed E-state index contributed by atoms with van der Waals surface area (Å²) in [5.74, 6) is 0.848. The summed E-state index contributed by atoms with van der Waals surface area (Å²) in [5, 5.41) is 5.76. The normalized spacial score (nSPS) is 11.5. The zero-order valence-electron chi connectivity index (χ0n) is 16.1. The molecule has 0 aliphatic carbocycles.